The van der Waals surface area contributed by atoms with Gasteiger partial charge in [0.25, 0.3) is 0 Å². The van der Waals surface area contributed by atoms with Gasteiger partial charge in [-0.3, -0.25) is 10.2 Å². The number of aliphatic carboxylic acids is 1. The van der Waals surface area contributed by atoms with E-state index >= 15 is 0 Å². The number of carbonyl (C=O) groups is 1. The number of thiocarbonyl (C=S) groups is 1. The van der Waals surface area contributed by atoms with Crippen molar-refractivity contribution >= 4 is 29.9 Å². The SMILES string of the molecule is CCC(C)c1c(C#N)cc(C=S)n1CCC(=O)O.N=CN. The summed E-state index contributed by atoms with van der Waals surface area (Å²) in [6.45, 7) is 4.41. The summed E-state index contributed by atoms with van der Waals surface area (Å²) < 4.78 is 1.86. The summed E-state index contributed by atoms with van der Waals surface area (Å²) >= 11 is 4.93. The number of nitrogens with one attached hydrogen (secondary N) is 1. The number of aromatic nitrogens is 1. The molecular formula is C14H20N4O2S. The molecule has 21 heavy (non-hydrogen) atoms. The molecule has 1 unspecified atom stereocenters. The average molecular weight is 308 g/mol. The molecule has 1 atom stereocenters. The summed E-state index contributed by atoms with van der Waals surface area (Å²) in [7, 11) is 0. The van der Waals surface area contributed by atoms with Crippen LogP contribution in [0.4, 0.5) is 0 Å². The highest BCUT2D eigenvalue weighted by molar-refractivity contribution is 7.79. The molecule has 0 spiro atoms. The molecule has 7 heteroatoms. The van der Waals surface area contributed by atoms with Gasteiger partial charge in [0, 0.05) is 17.6 Å². The third-order valence-electron chi connectivity index (χ3n) is 3.04. The van der Waals surface area contributed by atoms with Gasteiger partial charge in [-0.05, 0) is 18.4 Å². The van der Waals surface area contributed by atoms with Crippen LogP contribution in [0.2, 0.25) is 0 Å². The van der Waals surface area contributed by atoms with E-state index in [1.54, 1.807) is 6.07 Å². The van der Waals surface area contributed by atoms with E-state index in [0.717, 1.165) is 24.1 Å². The first-order chi connectivity index (χ1) is 9.96. The van der Waals surface area contributed by atoms with Crippen LogP contribution in [0, 0.1) is 16.7 Å². The van der Waals surface area contributed by atoms with Crippen LogP contribution < -0.4 is 5.73 Å². The fraction of sp³-hybridized carbons (Fsp3) is 0.429. The molecule has 0 saturated carbocycles. The second-order valence-corrected chi connectivity index (χ2v) is 4.60. The first-order valence-corrected chi connectivity index (χ1v) is 6.94. The Bertz CT molecular complexity index is 546. The molecule has 114 valence electrons. The fourth-order valence-electron chi connectivity index (χ4n) is 1.95. The first-order valence-electron chi connectivity index (χ1n) is 6.47. The molecule has 0 radical (unpaired) electrons. The Morgan fingerprint density at radius 2 is 2.29 bits per heavy atom. The highest BCUT2D eigenvalue weighted by Gasteiger charge is 2.18. The first kappa shape index (κ1) is 18.8. The van der Waals surface area contributed by atoms with Crippen LogP contribution in [-0.4, -0.2) is 27.3 Å². The molecule has 4 N–H and O–H groups in total. The highest BCUT2D eigenvalue weighted by Crippen LogP contribution is 2.26. The van der Waals surface area contributed by atoms with E-state index in [0.29, 0.717) is 12.1 Å². The largest absolute Gasteiger partial charge is 0.481 e. The van der Waals surface area contributed by atoms with Gasteiger partial charge in [-0.15, -0.1) is 0 Å². The van der Waals surface area contributed by atoms with Crippen molar-refractivity contribution in [1.29, 1.82) is 10.7 Å². The predicted octanol–water partition coefficient (Wildman–Crippen LogP) is 2.25. The summed E-state index contributed by atoms with van der Waals surface area (Å²) in [5.41, 5.74) is 6.60. The zero-order valence-corrected chi connectivity index (χ0v) is 13.0. The van der Waals surface area contributed by atoms with Crippen LogP contribution in [0.3, 0.4) is 0 Å². The topological polar surface area (TPSA) is 116 Å². The molecule has 0 amide bonds. The maximum atomic E-state index is 10.7. The molecule has 1 aromatic heterocycles. The zero-order valence-electron chi connectivity index (χ0n) is 12.2. The standard InChI is InChI=1S/C13H16N2O2S.CH4N2/c1-3-9(2)13-10(7-14)6-11(8-18)15(13)5-4-12(16)17;2-1-3/h6,8-9H,3-5H2,1-2H3,(H,16,17);1H,(H3,2,3). The fourth-order valence-corrected chi connectivity index (χ4v) is 2.15. The molecule has 0 aliphatic rings. The van der Waals surface area contributed by atoms with E-state index in [1.807, 2.05) is 18.4 Å². The molecule has 0 fully saturated rings. The van der Waals surface area contributed by atoms with Crippen molar-refractivity contribution in [2.75, 3.05) is 0 Å². The number of carboxylic acid groups (broad SMARTS) is 1. The Labute approximate surface area is 129 Å². The van der Waals surface area contributed by atoms with Gasteiger partial charge >= 0.3 is 5.97 Å². The monoisotopic (exact) mass is 308 g/mol. The molecule has 1 aromatic rings. The molecule has 1 heterocycles. The van der Waals surface area contributed by atoms with Crippen molar-refractivity contribution in [3.05, 3.63) is 23.0 Å². The van der Waals surface area contributed by atoms with Crippen LogP contribution >= 0.6 is 12.2 Å². The van der Waals surface area contributed by atoms with Crippen molar-refractivity contribution in [3.63, 3.8) is 0 Å². The number of hydrogen-bond acceptors (Lipinski definition) is 4. The minimum atomic E-state index is -0.854. The molecule has 0 bridgehead atoms. The Morgan fingerprint density at radius 3 is 2.67 bits per heavy atom. The van der Waals surface area contributed by atoms with Gasteiger partial charge in [-0.25, -0.2) is 0 Å². The van der Waals surface area contributed by atoms with E-state index in [-0.39, 0.29) is 12.3 Å². The van der Waals surface area contributed by atoms with Gasteiger partial charge in [0.1, 0.15) is 6.07 Å². The molecular weight excluding hydrogens is 288 g/mol. The summed E-state index contributed by atoms with van der Waals surface area (Å²) in [5, 5.41) is 25.3. The molecule has 0 aliphatic heterocycles. The molecule has 0 saturated heterocycles. The highest BCUT2D eigenvalue weighted by atomic mass is 32.1. The normalized spacial score (nSPS) is 10.7. The summed E-state index contributed by atoms with van der Waals surface area (Å²) in [4.78, 5) is 10.7. The lowest BCUT2D eigenvalue weighted by Crippen LogP contribution is -2.12. The third kappa shape index (κ3) is 5.36. The second-order valence-electron chi connectivity index (χ2n) is 4.37. The second kappa shape index (κ2) is 9.66. The van der Waals surface area contributed by atoms with Crippen LogP contribution in [0.25, 0.3) is 0 Å². The van der Waals surface area contributed by atoms with Crippen molar-refractivity contribution in [2.45, 2.75) is 39.2 Å². The van der Waals surface area contributed by atoms with Gasteiger partial charge in [-0.1, -0.05) is 26.1 Å². The molecule has 0 aromatic carbocycles. The molecule has 0 aliphatic carbocycles. The predicted molar refractivity (Wildman–Crippen MR) is 85.8 cm³/mol. The Morgan fingerprint density at radius 1 is 1.71 bits per heavy atom. The van der Waals surface area contributed by atoms with E-state index in [9.17, 15) is 4.79 Å². The Balaban J connectivity index is 0.00000122. The quantitative estimate of drug-likeness (QED) is 0.423. The number of nitriles is 1. The molecule has 1 rings (SSSR count). The number of nitrogens with zero attached hydrogens (tertiary/aromatic N) is 2. The molecule has 6 nitrogen and oxygen atoms in total. The van der Waals surface area contributed by atoms with Crippen LogP contribution in [-0.2, 0) is 11.3 Å². The summed E-state index contributed by atoms with van der Waals surface area (Å²) in [6, 6.07) is 3.89. The maximum absolute atomic E-state index is 10.7. The number of rotatable bonds is 6. The van der Waals surface area contributed by atoms with Crippen molar-refractivity contribution in [3.8, 4) is 6.07 Å². The lowest BCUT2D eigenvalue weighted by atomic mass is 10.0. The van der Waals surface area contributed by atoms with Crippen LogP contribution in [0.5, 0.6) is 0 Å². The number of carboxylic acids is 1. The summed E-state index contributed by atoms with van der Waals surface area (Å²) in [6.07, 6.45) is 1.67. The van der Waals surface area contributed by atoms with E-state index < -0.39 is 5.97 Å². The van der Waals surface area contributed by atoms with Gasteiger partial charge < -0.3 is 15.4 Å². The number of hydrogen-bond donors (Lipinski definition) is 3. The lowest BCUT2D eigenvalue weighted by molar-refractivity contribution is -0.137. The van der Waals surface area contributed by atoms with Gasteiger partial charge in [0.2, 0.25) is 0 Å². The van der Waals surface area contributed by atoms with Crippen molar-refractivity contribution in [2.24, 2.45) is 5.73 Å². The lowest BCUT2D eigenvalue weighted by Gasteiger charge is -2.15. The van der Waals surface area contributed by atoms with E-state index in [2.05, 4.69) is 11.8 Å². The smallest absolute Gasteiger partial charge is 0.305 e. The minimum absolute atomic E-state index is 0.0269. The maximum Gasteiger partial charge on any atom is 0.305 e. The van der Waals surface area contributed by atoms with Crippen molar-refractivity contribution in [1.82, 2.24) is 4.57 Å². The van der Waals surface area contributed by atoms with Gasteiger partial charge in [0.05, 0.1) is 24.0 Å². The minimum Gasteiger partial charge on any atom is -0.481 e. The Kier molecular flexibility index (Phi) is 8.65. The number of nitrogens with two attached hydrogens (primary N) is 1. The van der Waals surface area contributed by atoms with Crippen LogP contribution in [0.1, 0.15) is 49.6 Å². The van der Waals surface area contributed by atoms with E-state index in [1.165, 1.54) is 5.37 Å². The van der Waals surface area contributed by atoms with Crippen molar-refractivity contribution < 1.29 is 9.90 Å². The summed E-state index contributed by atoms with van der Waals surface area (Å²) in [5.74, 6) is -0.648. The third-order valence-corrected chi connectivity index (χ3v) is 3.28. The Hall–Kier alpha value is -2.20. The van der Waals surface area contributed by atoms with Gasteiger partial charge in [0.15, 0.2) is 0 Å². The van der Waals surface area contributed by atoms with Crippen LogP contribution in [0.15, 0.2) is 6.07 Å². The zero-order chi connectivity index (χ0) is 16.4. The van der Waals surface area contributed by atoms with Gasteiger partial charge in [-0.2, -0.15) is 5.26 Å². The average Bonchev–Trinajstić information content (AvgIpc) is 2.82. The van der Waals surface area contributed by atoms with E-state index in [4.69, 9.17) is 28.0 Å².